The van der Waals surface area contributed by atoms with E-state index in [9.17, 15) is 4.79 Å². The molecule has 1 aliphatic carbocycles. The van der Waals surface area contributed by atoms with E-state index in [2.05, 4.69) is 0 Å². The highest BCUT2D eigenvalue weighted by molar-refractivity contribution is 7.16. The van der Waals surface area contributed by atoms with E-state index < -0.39 is 0 Å². The van der Waals surface area contributed by atoms with Crippen molar-refractivity contribution in [1.29, 1.82) is 0 Å². The van der Waals surface area contributed by atoms with Gasteiger partial charge in [-0.15, -0.1) is 0 Å². The van der Waals surface area contributed by atoms with E-state index in [0.29, 0.717) is 5.58 Å². The van der Waals surface area contributed by atoms with Crippen LogP contribution in [-0.2, 0) is 5.54 Å². The van der Waals surface area contributed by atoms with Gasteiger partial charge in [-0.05, 0) is 18.9 Å². The minimum Gasteiger partial charge on any atom is -0.496 e. The maximum absolute atomic E-state index is 11.3. The molecule has 0 saturated heterocycles. The molecule has 3 rings (SSSR count). The van der Waals surface area contributed by atoms with Gasteiger partial charge in [-0.1, -0.05) is 24.2 Å². The SMILES string of the molecule is COc1cc2sc(=O)oc2cc1C1(N)CCCC1. The van der Waals surface area contributed by atoms with Crippen molar-refractivity contribution in [2.75, 3.05) is 7.11 Å². The molecule has 5 heteroatoms. The van der Waals surface area contributed by atoms with E-state index in [4.69, 9.17) is 14.9 Å². The molecule has 0 bridgehead atoms. The van der Waals surface area contributed by atoms with Crippen molar-refractivity contribution >= 4 is 21.6 Å². The number of fused-ring (bicyclic) bond motifs is 1. The Morgan fingerprint density at radius 3 is 2.78 bits per heavy atom. The highest BCUT2D eigenvalue weighted by Crippen LogP contribution is 2.42. The number of hydrogen-bond acceptors (Lipinski definition) is 5. The topological polar surface area (TPSA) is 65.5 Å². The van der Waals surface area contributed by atoms with Gasteiger partial charge in [0.2, 0.25) is 0 Å². The predicted molar refractivity (Wildman–Crippen MR) is 71.2 cm³/mol. The summed E-state index contributed by atoms with van der Waals surface area (Å²) >= 11 is 1.09. The maximum Gasteiger partial charge on any atom is 0.396 e. The van der Waals surface area contributed by atoms with Gasteiger partial charge >= 0.3 is 4.94 Å². The van der Waals surface area contributed by atoms with Gasteiger partial charge in [0, 0.05) is 17.2 Å². The van der Waals surface area contributed by atoms with Crippen LogP contribution >= 0.6 is 11.3 Å². The van der Waals surface area contributed by atoms with Crippen LogP contribution in [0.5, 0.6) is 5.75 Å². The van der Waals surface area contributed by atoms with Gasteiger partial charge in [-0.3, -0.25) is 0 Å². The van der Waals surface area contributed by atoms with Crippen molar-refractivity contribution in [3.63, 3.8) is 0 Å². The molecule has 0 spiro atoms. The average Bonchev–Trinajstić information content (AvgIpc) is 2.92. The normalized spacial score (nSPS) is 18.3. The number of nitrogens with two attached hydrogens (primary N) is 1. The smallest absolute Gasteiger partial charge is 0.396 e. The van der Waals surface area contributed by atoms with Crippen LogP contribution in [0.25, 0.3) is 10.3 Å². The van der Waals surface area contributed by atoms with E-state index in [1.165, 1.54) is 0 Å². The first-order valence-electron chi connectivity index (χ1n) is 6.03. The molecule has 96 valence electrons. The summed E-state index contributed by atoms with van der Waals surface area (Å²) in [7, 11) is 1.63. The highest BCUT2D eigenvalue weighted by Gasteiger charge is 2.34. The summed E-state index contributed by atoms with van der Waals surface area (Å²) in [6, 6.07) is 3.73. The van der Waals surface area contributed by atoms with Crippen molar-refractivity contribution in [3.8, 4) is 5.75 Å². The Balaban J connectivity index is 2.23. The zero-order chi connectivity index (χ0) is 12.8. The summed E-state index contributed by atoms with van der Waals surface area (Å²) in [5.41, 5.74) is 7.67. The monoisotopic (exact) mass is 265 g/mol. The van der Waals surface area contributed by atoms with Crippen molar-refractivity contribution in [2.45, 2.75) is 31.2 Å². The van der Waals surface area contributed by atoms with Crippen LogP contribution in [0.15, 0.2) is 21.3 Å². The third-order valence-electron chi connectivity index (χ3n) is 3.68. The largest absolute Gasteiger partial charge is 0.496 e. The Morgan fingerprint density at radius 2 is 2.11 bits per heavy atom. The highest BCUT2D eigenvalue weighted by atomic mass is 32.1. The third kappa shape index (κ3) is 1.74. The second-order valence-corrected chi connectivity index (χ2v) is 5.79. The lowest BCUT2D eigenvalue weighted by Crippen LogP contribution is -2.33. The van der Waals surface area contributed by atoms with Crippen LogP contribution in [0, 0.1) is 0 Å². The van der Waals surface area contributed by atoms with Crippen LogP contribution < -0.4 is 15.4 Å². The Bertz CT molecular complexity index is 637. The number of rotatable bonds is 2. The Labute approximate surface area is 108 Å². The van der Waals surface area contributed by atoms with E-state index in [1.807, 2.05) is 12.1 Å². The first-order chi connectivity index (χ1) is 8.62. The van der Waals surface area contributed by atoms with E-state index in [0.717, 1.165) is 53.0 Å². The first kappa shape index (κ1) is 11.7. The molecule has 18 heavy (non-hydrogen) atoms. The summed E-state index contributed by atoms with van der Waals surface area (Å²) in [6.45, 7) is 0. The minimum atomic E-state index is -0.347. The van der Waals surface area contributed by atoms with Crippen LogP contribution in [0.3, 0.4) is 0 Å². The van der Waals surface area contributed by atoms with Crippen molar-refractivity contribution in [2.24, 2.45) is 5.73 Å². The summed E-state index contributed by atoms with van der Waals surface area (Å²) in [4.78, 5) is 11.0. The maximum atomic E-state index is 11.3. The molecule has 0 atom stereocenters. The van der Waals surface area contributed by atoms with Crippen molar-refractivity contribution in [1.82, 2.24) is 0 Å². The van der Waals surface area contributed by atoms with Gasteiger partial charge in [0.05, 0.1) is 11.8 Å². The molecule has 0 unspecified atom stereocenters. The van der Waals surface area contributed by atoms with Crippen molar-refractivity contribution in [3.05, 3.63) is 27.4 Å². The van der Waals surface area contributed by atoms with Gasteiger partial charge in [-0.2, -0.15) is 0 Å². The molecular formula is C13H15NO3S. The molecule has 0 amide bonds. The standard InChI is InChI=1S/C13H15NO3S/c1-16-9-7-11-10(17-12(15)18-11)6-8(9)13(14)4-2-3-5-13/h6-7H,2-5,14H2,1H3. The van der Waals surface area contributed by atoms with E-state index in [-0.39, 0.29) is 10.5 Å². The fraction of sp³-hybridized carbons (Fsp3) is 0.462. The molecule has 1 aromatic carbocycles. The van der Waals surface area contributed by atoms with Crippen LogP contribution in [0.1, 0.15) is 31.2 Å². The Kier molecular flexibility index (Phi) is 2.68. The average molecular weight is 265 g/mol. The number of hydrogen-bond donors (Lipinski definition) is 1. The molecule has 1 fully saturated rings. The molecule has 0 aliphatic heterocycles. The third-order valence-corrected chi connectivity index (χ3v) is 4.47. The van der Waals surface area contributed by atoms with Crippen LogP contribution in [0.4, 0.5) is 0 Å². The van der Waals surface area contributed by atoms with Gasteiger partial charge in [-0.25, -0.2) is 4.79 Å². The van der Waals surface area contributed by atoms with Gasteiger partial charge in [0.15, 0.2) is 0 Å². The Hall–Kier alpha value is -1.33. The molecule has 1 saturated carbocycles. The molecular weight excluding hydrogens is 250 g/mol. The lowest BCUT2D eigenvalue weighted by atomic mass is 9.88. The zero-order valence-corrected chi connectivity index (χ0v) is 11.0. The number of methoxy groups -OCH3 is 1. The zero-order valence-electron chi connectivity index (χ0n) is 10.2. The van der Waals surface area contributed by atoms with Gasteiger partial charge in [0.1, 0.15) is 11.3 Å². The second kappa shape index (κ2) is 4.10. The molecule has 2 N–H and O–H groups in total. The molecule has 4 nitrogen and oxygen atoms in total. The molecule has 0 radical (unpaired) electrons. The molecule has 1 aromatic heterocycles. The quantitative estimate of drug-likeness (QED) is 0.906. The summed E-state index contributed by atoms with van der Waals surface area (Å²) in [5, 5.41) is 0. The summed E-state index contributed by atoms with van der Waals surface area (Å²) < 4.78 is 11.4. The summed E-state index contributed by atoms with van der Waals surface area (Å²) in [5.74, 6) is 0.754. The Morgan fingerprint density at radius 1 is 1.39 bits per heavy atom. The predicted octanol–water partition coefficient (Wildman–Crippen LogP) is 2.59. The van der Waals surface area contributed by atoms with E-state index >= 15 is 0 Å². The molecule has 1 aliphatic rings. The van der Waals surface area contributed by atoms with E-state index in [1.54, 1.807) is 7.11 Å². The van der Waals surface area contributed by atoms with Crippen LogP contribution in [0.2, 0.25) is 0 Å². The van der Waals surface area contributed by atoms with Gasteiger partial charge in [0.25, 0.3) is 0 Å². The summed E-state index contributed by atoms with van der Waals surface area (Å²) in [6.07, 6.45) is 4.16. The number of benzene rings is 1. The molecule has 1 heterocycles. The first-order valence-corrected chi connectivity index (χ1v) is 6.85. The minimum absolute atomic E-state index is 0.290. The van der Waals surface area contributed by atoms with Crippen molar-refractivity contribution < 1.29 is 9.15 Å². The lowest BCUT2D eigenvalue weighted by molar-refractivity contribution is 0.379. The van der Waals surface area contributed by atoms with Gasteiger partial charge < -0.3 is 14.9 Å². The second-order valence-electron chi connectivity index (χ2n) is 4.82. The number of ether oxygens (including phenoxy) is 1. The van der Waals surface area contributed by atoms with Crippen LogP contribution in [-0.4, -0.2) is 7.11 Å². The fourth-order valence-electron chi connectivity index (χ4n) is 2.73. The lowest BCUT2D eigenvalue weighted by Gasteiger charge is -2.26. The molecule has 2 aromatic rings. The fourth-order valence-corrected chi connectivity index (χ4v) is 3.41.